The van der Waals surface area contributed by atoms with E-state index in [0.717, 1.165) is 10.2 Å². The average Bonchev–Trinajstić information content (AvgIpc) is 2.70. The molecule has 0 amide bonds. The maximum Gasteiger partial charge on any atom is 0.174 e. The molecule has 2 aliphatic rings. The molecule has 0 unspecified atom stereocenters. The fourth-order valence-electron chi connectivity index (χ4n) is 2.51. The van der Waals surface area contributed by atoms with Gasteiger partial charge in [0.1, 0.15) is 0 Å². The number of fused-ring (bicyclic) bond motifs is 1. The summed E-state index contributed by atoms with van der Waals surface area (Å²) in [5.74, 6) is 0.339. The molecule has 1 N–H and O–H groups in total. The van der Waals surface area contributed by atoms with Crippen LogP contribution in [-0.2, 0) is 9.84 Å². The Kier molecular flexibility index (Phi) is 2.87. The summed E-state index contributed by atoms with van der Waals surface area (Å²) in [6.07, 6.45) is 0. The van der Waals surface area contributed by atoms with Gasteiger partial charge in [-0.2, -0.15) is 0 Å². The van der Waals surface area contributed by atoms with Gasteiger partial charge in [0.2, 0.25) is 0 Å². The quantitative estimate of drug-likeness (QED) is 0.777. The summed E-state index contributed by atoms with van der Waals surface area (Å²) in [6.45, 7) is 0. The van der Waals surface area contributed by atoms with Crippen LogP contribution >= 0.6 is 28.1 Å². The minimum absolute atomic E-state index is 0.0776. The standard InChI is InChI=1S/C11H11BrN2O2S2/c12-7-1-3-8(4-2-7)14-10-6-18(15,16)5-9(10)13-11(14)17/h1-4,9-10H,5-6H2,(H,13,17)/t9-,10-/m0/s1. The molecule has 0 bridgehead atoms. The minimum atomic E-state index is -2.95. The van der Waals surface area contributed by atoms with Gasteiger partial charge in [0.05, 0.1) is 23.6 Å². The van der Waals surface area contributed by atoms with Crippen molar-refractivity contribution in [2.75, 3.05) is 16.4 Å². The molecular weight excluding hydrogens is 336 g/mol. The Morgan fingerprint density at radius 3 is 2.61 bits per heavy atom. The summed E-state index contributed by atoms with van der Waals surface area (Å²) in [5, 5.41) is 3.71. The molecule has 2 saturated heterocycles. The molecule has 2 fully saturated rings. The van der Waals surface area contributed by atoms with E-state index in [2.05, 4.69) is 21.2 Å². The summed E-state index contributed by atoms with van der Waals surface area (Å²) in [4.78, 5) is 1.91. The molecule has 2 aliphatic heterocycles. The Balaban J connectivity index is 1.96. The molecule has 2 heterocycles. The third-order valence-electron chi connectivity index (χ3n) is 3.29. The van der Waals surface area contributed by atoms with E-state index in [1.54, 1.807) is 0 Å². The number of sulfone groups is 1. The van der Waals surface area contributed by atoms with Gasteiger partial charge >= 0.3 is 0 Å². The smallest absolute Gasteiger partial charge is 0.174 e. The second-order valence-electron chi connectivity index (χ2n) is 4.55. The Labute approximate surface area is 119 Å². The summed E-state index contributed by atoms with van der Waals surface area (Å²) in [7, 11) is -2.95. The zero-order chi connectivity index (χ0) is 12.9. The number of thiocarbonyl (C=S) groups is 1. The van der Waals surface area contributed by atoms with E-state index in [-0.39, 0.29) is 23.6 Å². The molecule has 0 aromatic heterocycles. The molecule has 7 heteroatoms. The third-order valence-corrected chi connectivity index (χ3v) is 5.85. The van der Waals surface area contributed by atoms with Gasteiger partial charge in [0, 0.05) is 10.2 Å². The van der Waals surface area contributed by atoms with E-state index < -0.39 is 9.84 Å². The highest BCUT2D eigenvalue weighted by atomic mass is 79.9. The number of hydrogen-bond acceptors (Lipinski definition) is 3. The summed E-state index contributed by atoms with van der Waals surface area (Å²) in [5.41, 5.74) is 0.931. The second kappa shape index (κ2) is 4.18. The number of halogens is 1. The van der Waals surface area contributed by atoms with Crippen molar-refractivity contribution in [1.82, 2.24) is 5.32 Å². The van der Waals surface area contributed by atoms with Crippen LogP contribution in [0.2, 0.25) is 0 Å². The fourth-order valence-corrected chi connectivity index (χ4v) is 5.06. The monoisotopic (exact) mass is 346 g/mol. The number of rotatable bonds is 1. The van der Waals surface area contributed by atoms with Crippen LogP contribution in [0.5, 0.6) is 0 Å². The van der Waals surface area contributed by atoms with E-state index in [1.165, 1.54) is 0 Å². The Morgan fingerprint density at radius 2 is 1.94 bits per heavy atom. The number of anilines is 1. The molecule has 3 rings (SSSR count). The number of nitrogens with zero attached hydrogens (tertiary/aromatic N) is 1. The van der Waals surface area contributed by atoms with Crippen LogP contribution in [0, 0.1) is 0 Å². The van der Waals surface area contributed by atoms with Crippen LogP contribution in [-0.4, -0.2) is 37.1 Å². The fraction of sp³-hybridized carbons (Fsp3) is 0.364. The molecule has 96 valence electrons. The molecule has 1 aromatic rings. The lowest BCUT2D eigenvalue weighted by molar-refractivity contribution is 0.600. The van der Waals surface area contributed by atoms with E-state index in [0.29, 0.717) is 5.11 Å². The lowest BCUT2D eigenvalue weighted by Crippen LogP contribution is -2.36. The lowest BCUT2D eigenvalue weighted by atomic mass is 10.1. The maximum absolute atomic E-state index is 11.7. The van der Waals surface area contributed by atoms with E-state index in [4.69, 9.17) is 12.2 Å². The topological polar surface area (TPSA) is 49.4 Å². The molecule has 18 heavy (non-hydrogen) atoms. The van der Waals surface area contributed by atoms with Crippen molar-refractivity contribution in [2.24, 2.45) is 0 Å². The molecule has 4 nitrogen and oxygen atoms in total. The first kappa shape index (κ1) is 12.4. The highest BCUT2D eigenvalue weighted by Crippen LogP contribution is 2.30. The van der Waals surface area contributed by atoms with Crippen molar-refractivity contribution < 1.29 is 8.42 Å². The summed E-state index contributed by atoms with van der Waals surface area (Å²) < 4.78 is 24.3. The van der Waals surface area contributed by atoms with Gasteiger partial charge in [-0.15, -0.1) is 0 Å². The Morgan fingerprint density at radius 1 is 1.28 bits per heavy atom. The molecule has 1 aromatic carbocycles. The maximum atomic E-state index is 11.7. The van der Waals surface area contributed by atoms with Crippen LogP contribution in [0.15, 0.2) is 28.7 Å². The van der Waals surface area contributed by atoms with E-state index >= 15 is 0 Å². The van der Waals surface area contributed by atoms with Gasteiger partial charge in [0.25, 0.3) is 0 Å². The van der Waals surface area contributed by atoms with Crippen molar-refractivity contribution in [3.8, 4) is 0 Å². The van der Waals surface area contributed by atoms with Crippen LogP contribution in [0.3, 0.4) is 0 Å². The second-order valence-corrected chi connectivity index (χ2v) is 8.00. The van der Waals surface area contributed by atoms with Gasteiger partial charge < -0.3 is 10.2 Å². The minimum Gasteiger partial charge on any atom is -0.356 e. The van der Waals surface area contributed by atoms with Crippen molar-refractivity contribution in [1.29, 1.82) is 0 Å². The molecule has 0 radical (unpaired) electrons. The van der Waals surface area contributed by atoms with Crippen molar-refractivity contribution in [3.63, 3.8) is 0 Å². The van der Waals surface area contributed by atoms with Gasteiger partial charge in [-0.1, -0.05) is 15.9 Å². The van der Waals surface area contributed by atoms with Crippen LogP contribution in [0.25, 0.3) is 0 Å². The molecule has 2 atom stereocenters. The largest absolute Gasteiger partial charge is 0.356 e. The Bertz CT molecular complexity index is 600. The first-order valence-corrected chi connectivity index (χ1v) is 8.54. The lowest BCUT2D eigenvalue weighted by Gasteiger charge is -2.23. The SMILES string of the molecule is O=S1(=O)C[C@@H]2NC(=S)N(c3ccc(Br)cc3)[C@H]2C1. The highest BCUT2D eigenvalue weighted by molar-refractivity contribution is 9.10. The van der Waals surface area contributed by atoms with Crippen molar-refractivity contribution in [2.45, 2.75) is 12.1 Å². The van der Waals surface area contributed by atoms with Gasteiger partial charge in [-0.25, -0.2) is 8.42 Å². The van der Waals surface area contributed by atoms with Gasteiger partial charge in [0.15, 0.2) is 14.9 Å². The number of hydrogen-bond donors (Lipinski definition) is 1. The predicted octanol–water partition coefficient (Wildman–Crippen LogP) is 1.31. The first-order chi connectivity index (χ1) is 8.46. The van der Waals surface area contributed by atoms with Gasteiger partial charge in [-0.05, 0) is 36.5 Å². The first-order valence-electron chi connectivity index (χ1n) is 5.52. The molecule has 0 spiro atoms. The predicted molar refractivity (Wildman–Crippen MR) is 78.6 cm³/mol. The van der Waals surface area contributed by atoms with Crippen LogP contribution < -0.4 is 10.2 Å². The van der Waals surface area contributed by atoms with E-state index in [1.807, 2.05) is 29.2 Å². The van der Waals surface area contributed by atoms with Crippen molar-refractivity contribution >= 4 is 48.8 Å². The zero-order valence-corrected chi connectivity index (χ0v) is 12.6. The summed E-state index contributed by atoms with van der Waals surface area (Å²) in [6, 6.07) is 7.56. The van der Waals surface area contributed by atoms with Gasteiger partial charge in [-0.3, -0.25) is 0 Å². The molecular formula is C11H11BrN2O2S2. The molecule has 0 saturated carbocycles. The third kappa shape index (κ3) is 2.04. The van der Waals surface area contributed by atoms with E-state index in [9.17, 15) is 8.42 Å². The van der Waals surface area contributed by atoms with Crippen molar-refractivity contribution in [3.05, 3.63) is 28.7 Å². The number of nitrogens with one attached hydrogen (secondary N) is 1. The summed E-state index contributed by atoms with van der Waals surface area (Å²) >= 11 is 8.67. The number of benzene rings is 1. The molecule has 0 aliphatic carbocycles. The Hall–Kier alpha value is -0.660. The zero-order valence-electron chi connectivity index (χ0n) is 9.34. The van der Waals surface area contributed by atoms with Crippen LogP contribution in [0.1, 0.15) is 0 Å². The normalized spacial score (nSPS) is 29.2. The average molecular weight is 347 g/mol. The van der Waals surface area contributed by atoms with Crippen LogP contribution in [0.4, 0.5) is 5.69 Å². The highest BCUT2D eigenvalue weighted by Gasteiger charge is 2.47.